The Hall–Kier alpha value is -1.72. The first kappa shape index (κ1) is 16.3. The molecule has 1 aromatic carbocycles. The number of carbonyl (C=O) groups is 2. The summed E-state index contributed by atoms with van der Waals surface area (Å²) < 4.78 is 9.22. The highest BCUT2D eigenvalue weighted by Crippen LogP contribution is 2.04. The third kappa shape index (κ3) is 6.78. The van der Waals surface area contributed by atoms with Gasteiger partial charge in [-0.15, -0.1) is 0 Å². The average molecular weight is 254 g/mol. The maximum Gasteiger partial charge on any atom is 0.338 e. The van der Waals surface area contributed by atoms with E-state index < -0.39 is 5.97 Å². The highest BCUT2D eigenvalue weighted by molar-refractivity contribution is 5.90. The second-order valence-corrected chi connectivity index (χ2v) is 3.18. The molecule has 0 aromatic heterocycles. The smallest absolute Gasteiger partial charge is 0.338 e. The fourth-order valence-corrected chi connectivity index (χ4v) is 0.919. The van der Waals surface area contributed by atoms with Gasteiger partial charge in [0.15, 0.2) is 0 Å². The fraction of sp³-hybridized carbons (Fsp3) is 0.385. The molecule has 1 rings (SSSR count). The first-order chi connectivity index (χ1) is 8.69. The quantitative estimate of drug-likeness (QED) is 0.633. The van der Waals surface area contributed by atoms with Gasteiger partial charge in [-0.05, 0) is 19.1 Å². The molecule has 0 bridgehead atoms. The maximum absolute atomic E-state index is 11.2. The van der Waals surface area contributed by atoms with Gasteiger partial charge < -0.3 is 14.6 Å². The van der Waals surface area contributed by atoms with E-state index >= 15 is 0 Å². The molecule has 0 spiro atoms. The van der Waals surface area contributed by atoms with Crippen LogP contribution in [0.2, 0.25) is 0 Å². The Labute approximate surface area is 106 Å². The number of aliphatic hydroxyl groups is 1. The van der Waals surface area contributed by atoms with Gasteiger partial charge >= 0.3 is 5.97 Å². The molecule has 5 heteroatoms. The van der Waals surface area contributed by atoms with Gasteiger partial charge in [0.1, 0.15) is 12.9 Å². The van der Waals surface area contributed by atoms with Crippen molar-refractivity contribution in [2.45, 2.75) is 6.92 Å². The molecule has 0 saturated carbocycles. The first-order valence-corrected chi connectivity index (χ1v) is 5.51. The molecule has 0 saturated heterocycles. The van der Waals surface area contributed by atoms with Crippen molar-refractivity contribution in [3.63, 3.8) is 0 Å². The number of carbonyl (C=O) groups excluding carboxylic acids is 2. The van der Waals surface area contributed by atoms with Gasteiger partial charge in [-0.1, -0.05) is 12.1 Å². The standard InChI is InChI=1S/C10H10O4.C3H8O/c11-5-6-14-10(13)9-3-1-8(7-12)2-4-9;1-3-4-2/h1-4,7,11H,5-6H2;3H2,1-2H3. The van der Waals surface area contributed by atoms with Crippen molar-refractivity contribution < 1.29 is 24.2 Å². The largest absolute Gasteiger partial charge is 0.460 e. The number of aldehydes is 1. The van der Waals surface area contributed by atoms with Crippen molar-refractivity contribution in [1.82, 2.24) is 0 Å². The summed E-state index contributed by atoms with van der Waals surface area (Å²) in [6.07, 6.45) is 0.697. The summed E-state index contributed by atoms with van der Waals surface area (Å²) in [5, 5.41) is 8.42. The molecule has 0 atom stereocenters. The molecule has 0 radical (unpaired) electrons. The summed E-state index contributed by atoms with van der Waals surface area (Å²) in [5.41, 5.74) is 0.868. The predicted molar refractivity (Wildman–Crippen MR) is 66.7 cm³/mol. The molecule has 0 amide bonds. The number of benzene rings is 1. The van der Waals surface area contributed by atoms with Gasteiger partial charge in [0, 0.05) is 19.3 Å². The van der Waals surface area contributed by atoms with Gasteiger partial charge in [-0.3, -0.25) is 4.79 Å². The van der Waals surface area contributed by atoms with Crippen LogP contribution < -0.4 is 0 Å². The van der Waals surface area contributed by atoms with Gasteiger partial charge in [0.05, 0.1) is 12.2 Å². The van der Waals surface area contributed by atoms with Gasteiger partial charge in [-0.2, -0.15) is 0 Å². The summed E-state index contributed by atoms with van der Waals surface area (Å²) in [4.78, 5) is 21.5. The number of hydrogen-bond acceptors (Lipinski definition) is 5. The second kappa shape index (κ2) is 10.4. The van der Waals surface area contributed by atoms with Crippen LogP contribution in [0.1, 0.15) is 27.6 Å². The zero-order valence-electron chi connectivity index (χ0n) is 10.6. The minimum absolute atomic E-state index is 0.0196. The zero-order chi connectivity index (χ0) is 13.8. The van der Waals surface area contributed by atoms with E-state index in [4.69, 9.17) is 5.11 Å². The van der Waals surface area contributed by atoms with E-state index in [1.807, 2.05) is 6.92 Å². The fourth-order valence-electron chi connectivity index (χ4n) is 0.919. The summed E-state index contributed by atoms with van der Waals surface area (Å²) in [5.74, 6) is -0.503. The Bertz CT molecular complexity index is 343. The summed E-state index contributed by atoms with van der Waals surface area (Å²) >= 11 is 0. The van der Waals surface area contributed by atoms with E-state index in [1.165, 1.54) is 24.3 Å². The number of aliphatic hydroxyl groups excluding tert-OH is 1. The highest BCUT2D eigenvalue weighted by Gasteiger charge is 2.05. The number of esters is 1. The van der Waals surface area contributed by atoms with Crippen LogP contribution in [0, 0.1) is 0 Å². The molecule has 0 heterocycles. The van der Waals surface area contributed by atoms with Crippen LogP contribution in [0.25, 0.3) is 0 Å². The Morgan fingerprint density at radius 3 is 2.28 bits per heavy atom. The van der Waals surface area contributed by atoms with Crippen LogP contribution in [-0.2, 0) is 9.47 Å². The molecule has 1 aromatic rings. The number of ether oxygens (including phenoxy) is 2. The lowest BCUT2D eigenvalue weighted by Gasteiger charge is -2.01. The lowest BCUT2D eigenvalue weighted by molar-refractivity contribution is 0.0433. The van der Waals surface area contributed by atoms with Crippen LogP contribution in [0.3, 0.4) is 0 Å². The molecular weight excluding hydrogens is 236 g/mol. The van der Waals surface area contributed by atoms with E-state index in [0.717, 1.165) is 6.61 Å². The van der Waals surface area contributed by atoms with Crippen molar-refractivity contribution in [1.29, 1.82) is 0 Å². The Kier molecular flexibility index (Phi) is 9.44. The van der Waals surface area contributed by atoms with E-state index in [-0.39, 0.29) is 13.2 Å². The van der Waals surface area contributed by atoms with Crippen LogP contribution >= 0.6 is 0 Å². The second-order valence-electron chi connectivity index (χ2n) is 3.18. The van der Waals surface area contributed by atoms with Crippen molar-refractivity contribution in [2.24, 2.45) is 0 Å². The zero-order valence-corrected chi connectivity index (χ0v) is 10.6. The Morgan fingerprint density at radius 2 is 1.89 bits per heavy atom. The van der Waals surface area contributed by atoms with Crippen molar-refractivity contribution in [2.75, 3.05) is 26.9 Å². The molecule has 0 fully saturated rings. The summed E-state index contributed by atoms with van der Waals surface area (Å²) in [6.45, 7) is 2.56. The topological polar surface area (TPSA) is 72.8 Å². The predicted octanol–water partition coefficient (Wildman–Crippen LogP) is 1.30. The summed E-state index contributed by atoms with van der Waals surface area (Å²) in [6, 6.07) is 6.07. The van der Waals surface area contributed by atoms with E-state index in [2.05, 4.69) is 9.47 Å². The molecule has 0 unspecified atom stereocenters. The van der Waals surface area contributed by atoms with E-state index in [9.17, 15) is 9.59 Å². The van der Waals surface area contributed by atoms with Gasteiger partial charge in [-0.25, -0.2) is 4.79 Å². The molecule has 18 heavy (non-hydrogen) atoms. The normalized spacial score (nSPS) is 9.06. The van der Waals surface area contributed by atoms with Crippen molar-refractivity contribution >= 4 is 12.3 Å². The lowest BCUT2D eigenvalue weighted by Crippen LogP contribution is -2.08. The van der Waals surface area contributed by atoms with Crippen molar-refractivity contribution in [3.05, 3.63) is 35.4 Å². The number of methoxy groups -OCH3 is 1. The average Bonchev–Trinajstić information content (AvgIpc) is 2.45. The van der Waals surface area contributed by atoms with Gasteiger partial charge in [0.25, 0.3) is 0 Å². The molecule has 0 aliphatic heterocycles. The number of hydrogen-bond donors (Lipinski definition) is 1. The third-order valence-corrected chi connectivity index (χ3v) is 1.90. The van der Waals surface area contributed by atoms with Crippen LogP contribution in [0.4, 0.5) is 0 Å². The van der Waals surface area contributed by atoms with Crippen LogP contribution in [0.15, 0.2) is 24.3 Å². The third-order valence-electron chi connectivity index (χ3n) is 1.90. The molecular formula is C13H18O5. The molecule has 5 nitrogen and oxygen atoms in total. The van der Waals surface area contributed by atoms with Gasteiger partial charge in [0.2, 0.25) is 0 Å². The van der Waals surface area contributed by atoms with Crippen LogP contribution in [-0.4, -0.2) is 44.3 Å². The Balaban J connectivity index is 0.000000631. The molecule has 1 N–H and O–H groups in total. The maximum atomic E-state index is 11.2. The Morgan fingerprint density at radius 1 is 1.33 bits per heavy atom. The van der Waals surface area contributed by atoms with Crippen molar-refractivity contribution in [3.8, 4) is 0 Å². The SMILES string of the molecule is CCOC.O=Cc1ccc(C(=O)OCCO)cc1. The van der Waals surface area contributed by atoms with E-state index in [1.54, 1.807) is 7.11 Å². The molecule has 0 aliphatic carbocycles. The first-order valence-electron chi connectivity index (χ1n) is 5.51. The highest BCUT2D eigenvalue weighted by atomic mass is 16.5. The lowest BCUT2D eigenvalue weighted by atomic mass is 10.1. The van der Waals surface area contributed by atoms with E-state index in [0.29, 0.717) is 17.4 Å². The number of rotatable bonds is 5. The minimum atomic E-state index is -0.503. The molecule has 0 aliphatic rings. The van der Waals surface area contributed by atoms with Crippen LogP contribution in [0.5, 0.6) is 0 Å². The summed E-state index contributed by atoms with van der Waals surface area (Å²) in [7, 11) is 1.68. The minimum Gasteiger partial charge on any atom is -0.460 e. The molecule has 100 valence electrons. The monoisotopic (exact) mass is 254 g/mol.